The zero-order valence-corrected chi connectivity index (χ0v) is 13.8. The maximum atomic E-state index is 13.3. The van der Waals surface area contributed by atoms with Gasteiger partial charge in [-0.1, -0.05) is 6.07 Å². The summed E-state index contributed by atoms with van der Waals surface area (Å²) in [6, 6.07) is 4.78. The quantitative estimate of drug-likeness (QED) is 0.785. The van der Waals surface area contributed by atoms with Crippen molar-refractivity contribution in [1.82, 2.24) is 4.90 Å². The number of nitrogens with zero attached hydrogens (tertiary/aromatic N) is 2. The van der Waals surface area contributed by atoms with Crippen LogP contribution in [-0.2, 0) is 4.74 Å². The van der Waals surface area contributed by atoms with Gasteiger partial charge < -0.3 is 24.0 Å². The van der Waals surface area contributed by atoms with Gasteiger partial charge in [0.1, 0.15) is 5.60 Å². The van der Waals surface area contributed by atoms with Crippen LogP contribution >= 0.6 is 0 Å². The first-order valence-corrected chi connectivity index (χ1v) is 7.76. The summed E-state index contributed by atoms with van der Waals surface area (Å²) in [6.07, 6.45) is -4.01. The van der Waals surface area contributed by atoms with Crippen LogP contribution in [0.3, 0.4) is 0 Å². The van der Waals surface area contributed by atoms with Crippen LogP contribution in [0.1, 0.15) is 20.8 Å². The third-order valence-electron chi connectivity index (χ3n) is 3.68. The fourth-order valence-corrected chi connectivity index (χ4v) is 2.66. The predicted octanol–water partition coefficient (Wildman–Crippen LogP) is 3.07. The first-order valence-electron chi connectivity index (χ1n) is 7.76. The Morgan fingerprint density at radius 1 is 1.17 bits per heavy atom. The number of anilines is 1. The lowest BCUT2D eigenvalue weighted by Gasteiger charge is -2.36. The highest BCUT2D eigenvalue weighted by Gasteiger charge is 2.45. The van der Waals surface area contributed by atoms with E-state index in [0.717, 1.165) is 0 Å². The number of hydrogen-bond donors (Lipinski definition) is 0. The number of carbonyl (C=O) groups excluding carboxylic acids is 1. The van der Waals surface area contributed by atoms with E-state index < -0.39 is 11.9 Å². The van der Waals surface area contributed by atoms with Gasteiger partial charge in [0.15, 0.2) is 11.5 Å². The molecule has 2 aliphatic rings. The molecule has 8 heteroatoms. The average molecular weight is 342 g/mol. The maximum Gasteiger partial charge on any atom is 0.586 e. The first-order chi connectivity index (χ1) is 11.1. The molecule has 3 rings (SSSR count). The van der Waals surface area contributed by atoms with Gasteiger partial charge in [0.25, 0.3) is 0 Å². The molecule has 132 valence electrons. The lowest BCUT2D eigenvalue weighted by atomic mass is 10.2. The summed E-state index contributed by atoms with van der Waals surface area (Å²) in [5, 5.41) is 0. The monoisotopic (exact) mass is 342 g/mol. The summed E-state index contributed by atoms with van der Waals surface area (Å²) >= 11 is 0. The Morgan fingerprint density at radius 2 is 1.83 bits per heavy atom. The minimum atomic E-state index is -3.64. The molecule has 0 aromatic heterocycles. The third kappa shape index (κ3) is 3.47. The molecule has 0 saturated carbocycles. The van der Waals surface area contributed by atoms with Crippen molar-refractivity contribution in [2.45, 2.75) is 32.7 Å². The fourth-order valence-electron chi connectivity index (χ4n) is 2.66. The van der Waals surface area contributed by atoms with Gasteiger partial charge in [-0.15, -0.1) is 8.78 Å². The standard InChI is InChI=1S/C16H20F2N2O4/c1-15(2,3)24-14(21)20-9-7-19(8-10-20)11-5-4-6-12-13(11)23-16(17,18)22-12/h4-6H,7-10H2,1-3H3. The Kier molecular flexibility index (Phi) is 3.93. The smallest absolute Gasteiger partial charge is 0.444 e. The molecule has 0 atom stereocenters. The summed E-state index contributed by atoms with van der Waals surface area (Å²) in [7, 11) is 0. The SMILES string of the molecule is CC(C)(C)OC(=O)N1CCN(c2cccc3c2OC(F)(F)O3)CC1. The molecular formula is C16H20F2N2O4. The number of hydrogen-bond acceptors (Lipinski definition) is 5. The number of amides is 1. The lowest BCUT2D eigenvalue weighted by Crippen LogP contribution is -2.50. The van der Waals surface area contributed by atoms with Crippen molar-refractivity contribution in [1.29, 1.82) is 0 Å². The highest BCUT2D eigenvalue weighted by Crippen LogP contribution is 2.47. The predicted molar refractivity (Wildman–Crippen MR) is 82.7 cm³/mol. The van der Waals surface area contributed by atoms with E-state index >= 15 is 0 Å². The number of ether oxygens (including phenoxy) is 3. The van der Waals surface area contributed by atoms with Crippen molar-refractivity contribution in [3.05, 3.63) is 18.2 Å². The molecule has 1 aromatic carbocycles. The Bertz CT molecular complexity index is 637. The summed E-state index contributed by atoms with van der Waals surface area (Å²) in [4.78, 5) is 15.6. The van der Waals surface area contributed by atoms with E-state index in [1.165, 1.54) is 6.07 Å². The number of para-hydroxylation sites is 1. The van der Waals surface area contributed by atoms with Crippen molar-refractivity contribution >= 4 is 11.8 Å². The molecule has 24 heavy (non-hydrogen) atoms. The van der Waals surface area contributed by atoms with Crippen LogP contribution in [0.4, 0.5) is 19.3 Å². The topological polar surface area (TPSA) is 51.2 Å². The van der Waals surface area contributed by atoms with Crippen LogP contribution in [0.5, 0.6) is 11.5 Å². The van der Waals surface area contributed by atoms with Crippen molar-refractivity contribution in [2.75, 3.05) is 31.1 Å². The number of fused-ring (bicyclic) bond motifs is 1. The van der Waals surface area contributed by atoms with Crippen LogP contribution in [0.2, 0.25) is 0 Å². The average Bonchev–Trinajstić information content (AvgIpc) is 2.79. The highest BCUT2D eigenvalue weighted by atomic mass is 19.3. The molecule has 0 spiro atoms. The molecule has 1 amide bonds. The first kappa shape index (κ1) is 16.6. The van der Waals surface area contributed by atoms with Crippen molar-refractivity contribution in [3.63, 3.8) is 0 Å². The van der Waals surface area contributed by atoms with Crippen molar-refractivity contribution < 1.29 is 27.8 Å². The van der Waals surface area contributed by atoms with Gasteiger partial charge in [0.2, 0.25) is 0 Å². The molecule has 2 aliphatic heterocycles. The molecule has 0 aliphatic carbocycles. The molecule has 0 bridgehead atoms. The Morgan fingerprint density at radius 3 is 2.46 bits per heavy atom. The van der Waals surface area contributed by atoms with Gasteiger partial charge in [0, 0.05) is 26.2 Å². The second kappa shape index (κ2) is 5.68. The normalized spacial score (nSPS) is 19.4. The van der Waals surface area contributed by atoms with Crippen LogP contribution in [0.15, 0.2) is 18.2 Å². The number of benzene rings is 1. The Hall–Kier alpha value is -2.25. The number of carbonyl (C=O) groups is 1. The number of rotatable bonds is 1. The Labute approximate surface area is 138 Å². The van der Waals surface area contributed by atoms with Gasteiger partial charge in [-0.25, -0.2) is 4.79 Å². The number of piperazine rings is 1. The second-order valence-corrected chi connectivity index (χ2v) is 6.73. The molecule has 0 radical (unpaired) electrons. The Balaban J connectivity index is 1.67. The van der Waals surface area contributed by atoms with E-state index in [1.807, 2.05) is 25.7 Å². The third-order valence-corrected chi connectivity index (χ3v) is 3.68. The van der Waals surface area contributed by atoms with E-state index in [2.05, 4.69) is 9.47 Å². The van der Waals surface area contributed by atoms with Crippen LogP contribution in [0, 0.1) is 0 Å². The number of alkyl halides is 2. The van der Waals surface area contributed by atoms with Crippen molar-refractivity contribution in [2.24, 2.45) is 0 Å². The molecule has 1 saturated heterocycles. The zero-order valence-electron chi connectivity index (χ0n) is 13.8. The largest absolute Gasteiger partial charge is 0.586 e. The summed E-state index contributed by atoms with van der Waals surface area (Å²) in [6.45, 7) is 7.30. The van der Waals surface area contributed by atoms with Crippen molar-refractivity contribution in [3.8, 4) is 11.5 Å². The fraction of sp³-hybridized carbons (Fsp3) is 0.562. The van der Waals surface area contributed by atoms with Gasteiger partial charge in [-0.3, -0.25) is 0 Å². The van der Waals surface area contributed by atoms with Gasteiger partial charge in [-0.05, 0) is 32.9 Å². The maximum absolute atomic E-state index is 13.3. The van der Waals surface area contributed by atoms with Crippen LogP contribution in [0.25, 0.3) is 0 Å². The molecule has 6 nitrogen and oxygen atoms in total. The van der Waals surface area contributed by atoms with Crippen LogP contribution in [-0.4, -0.2) is 49.1 Å². The van der Waals surface area contributed by atoms with Crippen LogP contribution < -0.4 is 14.4 Å². The van der Waals surface area contributed by atoms with E-state index in [-0.39, 0.29) is 17.6 Å². The number of halogens is 2. The lowest BCUT2D eigenvalue weighted by molar-refractivity contribution is -0.286. The molecule has 1 aromatic rings. The van der Waals surface area contributed by atoms with E-state index in [4.69, 9.17) is 4.74 Å². The molecule has 1 fully saturated rings. The van der Waals surface area contributed by atoms with E-state index in [0.29, 0.717) is 31.9 Å². The summed E-state index contributed by atoms with van der Waals surface area (Å²) < 4.78 is 41.0. The van der Waals surface area contributed by atoms with Gasteiger partial charge >= 0.3 is 12.4 Å². The molecule has 0 N–H and O–H groups in total. The molecule has 0 unspecified atom stereocenters. The summed E-state index contributed by atoms with van der Waals surface area (Å²) in [5.74, 6) is 0.0558. The van der Waals surface area contributed by atoms with Gasteiger partial charge in [-0.2, -0.15) is 0 Å². The van der Waals surface area contributed by atoms with E-state index in [9.17, 15) is 13.6 Å². The zero-order chi connectivity index (χ0) is 17.5. The summed E-state index contributed by atoms with van der Waals surface area (Å²) in [5.41, 5.74) is -0.0147. The minimum Gasteiger partial charge on any atom is -0.444 e. The highest BCUT2D eigenvalue weighted by molar-refractivity contribution is 5.70. The molecular weight excluding hydrogens is 322 g/mol. The van der Waals surface area contributed by atoms with Gasteiger partial charge in [0.05, 0.1) is 5.69 Å². The minimum absolute atomic E-state index is 0.0204. The second-order valence-electron chi connectivity index (χ2n) is 6.73. The molecule has 2 heterocycles. The van der Waals surface area contributed by atoms with E-state index in [1.54, 1.807) is 17.0 Å².